The summed E-state index contributed by atoms with van der Waals surface area (Å²) in [5, 5.41) is 3.97. The Morgan fingerprint density at radius 3 is 2.75 bits per heavy atom. The standard InChI is InChI=1S/C18H17N3O3/c1-24-18(23)16-8-4-7-15(21-16)17(22)19-10-9-12-11-20-14-6-3-2-5-13(12)14/h2-8,11,20H,9-10H2,1H3,(H,19,22). The number of carbonyl (C=O) groups is 2. The van der Waals surface area contributed by atoms with Crippen LogP contribution in [0.15, 0.2) is 48.7 Å². The number of carbonyl (C=O) groups excluding carboxylic acids is 2. The van der Waals surface area contributed by atoms with Crippen molar-refractivity contribution in [2.45, 2.75) is 6.42 Å². The second-order valence-corrected chi connectivity index (χ2v) is 5.27. The van der Waals surface area contributed by atoms with Gasteiger partial charge in [-0.25, -0.2) is 9.78 Å². The summed E-state index contributed by atoms with van der Waals surface area (Å²) >= 11 is 0. The number of fused-ring (bicyclic) bond motifs is 1. The fraction of sp³-hybridized carbons (Fsp3) is 0.167. The zero-order valence-electron chi connectivity index (χ0n) is 13.2. The number of pyridine rings is 1. The van der Waals surface area contributed by atoms with Crippen LogP contribution < -0.4 is 5.32 Å². The Balaban J connectivity index is 1.62. The number of para-hydroxylation sites is 1. The van der Waals surface area contributed by atoms with Crippen molar-refractivity contribution >= 4 is 22.8 Å². The first-order valence-electron chi connectivity index (χ1n) is 7.57. The molecule has 0 unspecified atom stereocenters. The maximum atomic E-state index is 12.2. The van der Waals surface area contributed by atoms with Gasteiger partial charge in [-0.15, -0.1) is 0 Å². The lowest BCUT2D eigenvalue weighted by atomic mass is 10.1. The van der Waals surface area contributed by atoms with Crippen molar-refractivity contribution in [3.63, 3.8) is 0 Å². The van der Waals surface area contributed by atoms with E-state index in [1.165, 1.54) is 13.2 Å². The molecule has 3 rings (SSSR count). The first kappa shape index (κ1) is 15.7. The molecule has 0 saturated carbocycles. The van der Waals surface area contributed by atoms with E-state index in [4.69, 9.17) is 0 Å². The van der Waals surface area contributed by atoms with E-state index in [9.17, 15) is 9.59 Å². The molecule has 1 amide bonds. The normalized spacial score (nSPS) is 10.5. The third-order valence-corrected chi connectivity index (χ3v) is 3.73. The lowest BCUT2D eigenvalue weighted by Crippen LogP contribution is -2.27. The van der Waals surface area contributed by atoms with E-state index in [0.717, 1.165) is 16.5 Å². The molecule has 0 atom stereocenters. The molecule has 24 heavy (non-hydrogen) atoms. The number of rotatable bonds is 5. The van der Waals surface area contributed by atoms with Crippen LogP contribution in [0.1, 0.15) is 26.5 Å². The number of nitrogens with zero attached hydrogens (tertiary/aromatic N) is 1. The number of esters is 1. The molecule has 6 nitrogen and oxygen atoms in total. The number of hydrogen-bond acceptors (Lipinski definition) is 4. The average molecular weight is 323 g/mol. The number of methoxy groups -OCH3 is 1. The van der Waals surface area contributed by atoms with Crippen LogP contribution in [-0.4, -0.2) is 35.5 Å². The Bertz CT molecular complexity index is 886. The van der Waals surface area contributed by atoms with Crippen LogP contribution in [0.2, 0.25) is 0 Å². The summed E-state index contributed by atoms with van der Waals surface area (Å²) in [5.74, 6) is -0.885. The second-order valence-electron chi connectivity index (χ2n) is 5.27. The SMILES string of the molecule is COC(=O)c1cccc(C(=O)NCCc2c[nH]c3ccccc23)n1. The molecule has 0 bridgehead atoms. The minimum Gasteiger partial charge on any atom is -0.464 e. The third kappa shape index (κ3) is 3.27. The predicted octanol–water partition coefficient (Wildman–Crippen LogP) is 2.32. The number of ether oxygens (including phenoxy) is 1. The molecule has 0 fully saturated rings. The van der Waals surface area contributed by atoms with Crippen LogP contribution in [0.3, 0.4) is 0 Å². The molecule has 3 aromatic rings. The van der Waals surface area contributed by atoms with Crippen LogP contribution in [0.4, 0.5) is 0 Å². The zero-order valence-corrected chi connectivity index (χ0v) is 13.2. The van der Waals surface area contributed by atoms with Gasteiger partial charge in [0.1, 0.15) is 11.4 Å². The van der Waals surface area contributed by atoms with Gasteiger partial charge in [-0.3, -0.25) is 4.79 Å². The maximum Gasteiger partial charge on any atom is 0.356 e. The smallest absolute Gasteiger partial charge is 0.356 e. The number of hydrogen-bond donors (Lipinski definition) is 2. The van der Waals surface area contributed by atoms with E-state index in [0.29, 0.717) is 13.0 Å². The van der Waals surface area contributed by atoms with Gasteiger partial charge in [0.2, 0.25) is 0 Å². The molecule has 2 N–H and O–H groups in total. The molecule has 0 saturated heterocycles. The van der Waals surface area contributed by atoms with E-state index in [1.54, 1.807) is 12.1 Å². The Morgan fingerprint density at radius 2 is 1.92 bits per heavy atom. The van der Waals surface area contributed by atoms with Crippen LogP contribution in [-0.2, 0) is 11.2 Å². The van der Waals surface area contributed by atoms with E-state index in [1.807, 2.05) is 30.5 Å². The highest BCUT2D eigenvalue weighted by Gasteiger charge is 2.12. The van der Waals surface area contributed by atoms with Gasteiger partial charge in [0.15, 0.2) is 0 Å². The van der Waals surface area contributed by atoms with Crippen molar-refractivity contribution in [2.75, 3.05) is 13.7 Å². The van der Waals surface area contributed by atoms with E-state index in [2.05, 4.69) is 20.0 Å². The van der Waals surface area contributed by atoms with Crippen LogP contribution in [0.25, 0.3) is 10.9 Å². The van der Waals surface area contributed by atoms with Gasteiger partial charge in [0.05, 0.1) is 7.11 Å². The number of benzene rings is 1. The second kappa shape index (κ2) is 6.95. The highest BCUT2D eigenvalue weighted by atomic mass is 16.5. The summed E-state index contributed by atoms with van der Waals surface area (Å²) in [5.41, 5.74) is 2.52. The largest absolute Gasteiger partial charge is 0.464 e. The van der Waals surface area contributed by atoms with E-state index in [-0.39, 0.29) is 17.3 Å². The Kier molecular flexibility index (Phi) is 4.56. The summed E-state index contributed by atoms with van der Waals surface area (Å²) in [4.78, 5) is 30.9. The fourth-order valence-corrected chi connectivity index (χ4v) is 2.52. The number of amides is 1. The predicted molar refractivity (Wildman–Crippen MR) is 89.9 cm³/mol. The lowest BCUT2D eigenvalue weighted by Gasteiger charge is -2.05. The van der Waals surface area contributed by atoms with Gasteiger partial charge in [-0.05, 0) is 30.2 Å². The molecule has 122 valence electrons. The molecule has 0 aliphatic carbocycles. The Morgan fingerprint density at radius 1 is 1.12 bits per heavy atom. The van der Waals surface area contributed by atoms with Crippen LogP contribution in [0, 0.1) is 0 Å². The van der Waals surface area contributed by atoms with Gasteiger partial charge < -0.3 is 15.0 Å². The van der Waals surface area contributed by atoms with Gasteiger partial charge >= 0.3 is 5.97 Å². The van der Waals surface area contributed by atoms with Crippen LogP contribution >= 0.6 is 0 Å². The van der Waals surface area contributed by atoms with Crippen molar-refractivity contribution in [3.8, 4) is 0 Å². The highest BCUT2D eigenvalue weighted by molar-refractivity contribution is 5.94. The summed E-state index contributed by atoms with van der Waals surface area (Å²) in [6.07, 6.45) is 2.65. The highest BCUT2D eigenvalue weighted by Crippen LogP contribution is 2.17. The number of aromatic amines is 1. The maximum absolute atomic E-state index is 12.2. The molecule has 1 aromatic carbocycles. The molecule has 0 spiro atoms. The van der Waals surface area contributed by atoms with Crippen molar-refractivity contribution in [1.29, 1.82) is 0 Å². The van der Waals surface area contributed by atoms with Gasteiger partial charge in [-0.2, -0.15) is 0 Å². The molecule has 0 aliphatic heterocycles. The van der Waals surface area contributed by atoms with Crippen molar-refractivity contribution in [3.05, 3.63) is 65.6 Å². The summed E-state index contributed by atoms with van der Waals surface area (Å²) in [7, 11) is 1.28. The number of nitrogens with one attached hydrogen (secondary N) is 2. The number of H-pyrrole nitrogens is 1. The Hall–Kier alpha value is -3.15. The average Bonchev–Trinajstić information content (AvgIpc) is 3.04. The van der Waals surface area contributed by atoms with Crippen molar-refractivity contribution < 1.29 is 14.3 Å². The van der Waals surface area contributed by atoms with Crippen LogP contribution in [0.5, 0.6) is 0 Å². The van der Waals surface area contributed by atoms with Crippen molar-refractivity contribution in [1.82, 2.24) is 15.3 Å². The monoisotopic (exact) mass is 323 g/mol. The van der Waals surface area contributed by atoms with Gasteiger partial charge in [0, 0.05) is 23.6 Å². The molecule has 0 radical (unpaired) electrons. The summed E-state index contributed by atoms with van der Waals surface area (Å²) < 4.78 is 4.61. The quantitative estimate of drug-likeness (QED) is 0.706. The minimum atomic E-state index is -0.566. The van der Waals surface area contributed by atoms with Crippen molar-refractivity contribution in [2.24, 2.45) is 0 Å². The topological polar surface area (TPSA) is 84.1 Å². The fourth-order valence-electron chi connectivity index (χ4n) is 2.52. The van der Waals surface area contributed by atoms with E-state index >= 15 is 0 Å². The molecule has 0 aliphatic rings. The molecular formula is C18H17N3O3. The molecule has 2 heterocycles. The van der Waals surface area contributed by atoms with E-state index < -0.39 is 5.97 Å². The third-order valence-electron chi connectivity index (χ3n) is 3.73. The van der Waals surface area contributed by atoms with Gasteiger partial charge in [-0.1, -0.05) is 24.3 Å². The first-order chi connectivity index (χ1) is 11.7. The Labute approximate surface area is 138 Å². The zero-order chi connectivity index (χ0) is 16.9. The first-order valence-corrected chi connectivity index (χ1v) is 7.57. The summed E-state index contributed by atoms with van der Waals surface area (Å²) in [6, 6.07) is 12.7. The summed E-state index contributed by atoms with van der Waals surface area (Å²) in [6.45, 7) is 0.477. The molecular weight excluding hydrogens is 306 g/mol. The van der Waals surface area contributed by atoms with Gasteiger partial charge in [0.25, 0.3) is 5.91 Å². The number of aromatic nitrogens is 2. The lowest BCUT2D eigenvalue weighted by molar-refractivity contribution is 0.0594. The molecule has 6 heteroatoms. The molecule has 2 aromatic heterocycles. The minimum absolute atomic E-state index is 0.113.